The van der Waals surface area contributed by atoms with E-state index < -0.39 is 27.6 Å². The van der Waals surface area contributed by atoms with E-state index in [0.717, 1.165) is 11.5 Å². The van der Waals surface area contributed by atoms with Crippen molar-refractivity contribution < 1.29 is 22.0 Å². The van der Waals surface area contributed by atoms with Crippen LogP contribution in [0.3, 0.4) is 0 Å². The van der Waals surface area contributed by atoms with Gasteiger partial charge in [-0.3, -0.25) is 4.79 Å². The lowest BCUT2D eigenvalue weighted by Gasteiger charge is -1.99. The molecule has 0 fully saturated rings. The predicted molar refractivity (Wildman–Crippen MR) is 87.9 cm³/mol. The Labute approximate surface area is 138 Å². The van der Waals surface area contributed by atoms with Crippen LogP contribution >= 0.6 is 0 Å². The lowest BCUT2D eigenvalue weighted by molar-refractivity contribution is -0.114. The zero-order valence-electron chi connectivity index (χ0n) is 12.3. The van der Waals surface area contributed by atoms with Gasteiger partial charge >= 0.3 is 0 Å². The molecule has 2 aromatic carbocycles. The van der Waals surface area contributed by atoms with Crippen molar-refractivity contribution in [3.05, 3.63) is 82.8 Å². The summed E-state index contributed by atoms with van der Waals surface area (Å²) < 4.78 is 50.8. The first-order chi connectivity index (χ1) is 11.3. The van der Waals surface area contributed by atoms with Crippen LogP contribution in [0.4, 0.5) is 8.78 Å². The molecule has 0 aliphatic carbocycles. The second-order valence-corrected chi connectivity index (χ2v) is 6.32. The van der Waals surface area contributed by atoms with Crippen LogP contribution in [-0.2, 0) is 14.8 Å². The van der Waals surface area contributed by atoms with Gasteiger partial charge in [0.05, 0.1) is 5.41 Å². The number of hydrogen-bond acceptors (Lipinski definition) is 3. The number of carbonyl (C=O) groups is 1. The fourth-order valence-electron chi connectivity index (χ4n) is 1.70. The van der Waals surface area contributed by atoms with Crippen molar-refractivity contribution in [2.75, 3.05) is 0 Å². The van der Waals surface area contributed by atoms with Gasteiger partial charge in [-0.15, -0.1) is 0 Å². The number of benzene rings is 2. The van der Waals surface area contributed by atoms with Crippen LogP contribution in [0.5, 0.6) is 0 Å². The third-order valence-electron chi connectivity index (χ3n) is 2.85. The quantitative estimate of drug-likeness (QED) is 0.844. The average molecular weight is 349 g/mol. The zero-order chi connectivity index (χ0) is 17.6. The minimum Gasteiger partial charge on any atom is -0.269 e. The third kappa shape index (κ3) is 5.77. The largest absolute Gasteiger partial charge is 0.269 e. The molecule has 7 heteroatoms. The Balaban J connectivity index is 1.98. The standard InChI is InChI=1S/C17H13F2NO3S/c18-15-6-1-13(2-7-15)5-10-17(21)20-24(22,23)12-11-14-3-8-16(19)9-4-14/h1-12H,(H,20,21)/b10-5+,12-11+. The molecule has 2 rings (SSSR count). The number of nitrogens with one attached hydrogen (secondary N) is 1. The van der Waals surface area contributed by atoms with Gasteiger partial charge in [-0.25, -0.2) is 21.9 Å². The van der Waals surface area contributed by atoms with Gasteiger partial charge in [0.15, 0.2) is 0 Å². The normalized spacial score (nSPS) is 11.9. The molecule has 1 amide bonds. The molecule has 24 heavy (non-hydrogen) atoms. The van der Waals surface area contributed by atoms with E-state index in [1.54, 1.807) is 0 Å². The molecule has 0 aromatic heterocycles. The third-order valence-corrected chi connectivity index (χ3v) is 3.83. The smallest absolute Gasteiger partial charge is 0.257 e. The van der Waals surface area contributed by atoms with Crippen molar-refractivity contribution in [3.8, 4) is 0 Å². The summed E-state index contributed by atoms with van der Waals surface area (Å²) in [6, 6.07) is 10.5. The molecule has 1 N–H and O–H groups in total. The summed E-state index contributed by atoms with van der Waals surface area (Å²) in [6.45, 7) is 0. The maximum Gasteiger partial charge on any atom is 0.257 e. The zero-order valence-corrected chi connectivity index (χ0v) is 13.1. The van der Waals surface area contributed by atoms with Crippen LogP contribution < -0.4 is 4.72 Å². The highest BCUT2D eigenvalue weighted by molar-refractivity contribution is 7.93. The molecule has 0 atom stereocenters. The highest BCUT2D eigenvalue weighted by Gasteiger charge is 2.08. The molecule has 0 aliphatic rings. The second-order valence-electron chi connectivity index (χ2n) is 4.75. The van der Waals surface area contributed by atoms with Crippen LogP contribution in [0, 0.1) is 11.6 Å². The summed E-state index contributed by atoms with van der Waals surface area (Å²) in [4.78, 5) is 11.6. The molecule has 0 saturated carbocycles. The highest BCUT2D eigenvalue weighted by atomic mass is 32.2. The maximum atomic E-state index is 12.8. The van der Waals surface area contributed by atoms with E-state index >= 15 is 0 Å². The predicted octanol–water partition coefficient (Wildman–Crippen LogP) is 3.09. The Morgan fingerprint density at radius 3 is 1.79 bits per heavy atom. The number of carbonyl (C=O) groups excluding carboxylic acids is 1. The fourth-order valence-corrected chi connectivity index (χ4v) is 2.45. The first-order valence-corrected chi connectivity index (χ1v) is 8.33. The minimum atomic E-state index is -3.99. The van der Waals surface area contributed by atoms with Gasteiger partial charge in [-0.05, 0) is 47.5 Å². The van der Waals surface area contributed by atoms with E-state index in [4.69, 9.17) is 0 Å². The van der Waals surface area contributed by atoms with Gasteiger partial charge < -0.3 is 0 Å². The Kier molecular flexibility index (Phi) is 5.59. The van der Waals surface area contributed by atoms with Crippen LogP contribution in [0.25, 0.3) is 12.2 Å². The van der Waals surface area contributed by atoms with Crippen LogP contribution in [0.1, 0.15) is 11.1 Å². The SMILES string of the molecule is O=C(/C=C/c1ccc(F)cc1)NS(=O)(=O)/C=C/c1ccc(F)cc1. The van der Waals surface area contributed by atoms with E-state index in [2.05, 4.69) is 0 Å². The van der Waals surface area contributed by atoms with Crippen LogP contribution in [0.2, 0.25) is 0 Å². The molecule has 2 aromatic rings. The van der Waals surface area contributed by atoms with E-state index in [-0.39, 0.29) is 0 Å². The maximum absolute atomic E-state index is 12.8. The van der Waals surface area contributed by atoms with Gasteiger partial charge in [-0.1, -0.05) is 24.3 Å². The number of amides is 1. The monoisotopic (exact) mass is 349 g/mol. The van der Waals surface area contributed by atoms with Gasteiger partial charge in [0, 0.05) is 6.08 Å². The summed E-state index contributed by atoms with van der Waals surface area (Å²) >= 11 is 0. The summed E-state index contributed by atoms with van der Waals surface area (Å²) in [5, 5.41) is 0.809. The Morgan fingerprint density at radius 2 is 1.29 bits per heavy atom. The van der Waals surface area contributed by atoms with Crippen LogP contribution in [0.15, 0.2) is 60.0 Å². The average Bonchev–Trinajstić information content (AvgIpc) is 2.53. The van der Waals surface area contributed by atoms with Crippen molar-refractivity contribution >= 4 is 28.1 Å². The number of rotatable bonds is 5. The van der Waals surface area contributed by atoms with Gasteiger partial charge in [0.25, 0.3) is 15.9 Å². The topological polar surface area (TPSA) is 63.2 Å². The van der Waals surface area contributed by atoms with E-state index in [9.17, 15) is 22.0 Å². The Hall–Kier alpha value is -2.80. The molecule has 0 spiro atoms. The molecule has 124 valence electrons. The summed E-state index contributed by atoms with van der Waals surface area (Å²) in [5.74, 6) is -1.69. The van der Waals surface area contributed by atoms with Crippen molar-refractivity contribution in [2.24, 2.45) is 0 Å². The molecule has 4 nitrogen and oxygen atoms in total. The van der Waals surface area contributed by atoms with Gasteiger partial charge in [0.1, 0.15) is 11.6 Å². The van der Waals surface area contributed by atoms with E-state index in [0.29, 0.717) is 11.1 Å². The fraction of sp³-hybridized carbons (Fsp3) is 0. The lowest BCUT2D eigenvalue weighted by Crippen LogP contribution is -2.26. The molecular weight excluding hydrogens is 336 g/mol. The molecule has 0 unspecified atom stereocenters. The Bertz CT molecular complexity index is 871. The second kappa shape index (κ2) is 7.65. The lowest BCUT2D eigenvalue weighted by atomic mass is 10.2. The molecule has 0 bridgehead atoms. The van der Waals surface area contributed by atoms with Gasteiger partial charge in [-0.2, -0.15) is 0 Å². The first kappa shape index (κ1) is 17.6. The van der Waals surface area contributed by atoms with Gasteiger partial charge in [0.2, 0.25) is 0 Å². The highest BCUT2D eigenvalue weighted by Crippen LogP contribution is 2.06. The van der Waals surface area contributed by atoms with E-state index in [1.807, 2.05) is 4.72 Å². The van der Waals surface area contributed by atoms with Crippen molar-refractivity contribution in [3.63, 3.8) is 0 Å². The Morgan fingerprint density at radius 1 is 0.833 bits per heavy atom. The first-order valence-electron chi connectivity index (χ1n) is 6.78. The summed E-state index contributed by atoms with van der Waals surface area (Å²) in [7, 11) is -3.99. The van der Waals surface area contributed by atoms with Crippen molar-refractivity contribution in [1.29, 1.82) is 0 Å². The summed E-state index contributed by atoms with van der Waals surface area (Å²) in [6.07, 6.45) is 3.61. The number of sulfonamides is 1. The minimum absolute atomic E-state index is 0.412. The molecule has 0 radical (unpaired) electrons. The van der Waals surface area contributed by atoms with Crippen molar-refractivity contribution in [2.45, 2.75) is 0 Å². The number of hydrogen-bond donors (Lipinski definition) is 1. The molecule has 0 aliphatic heterocycles. The van der Waals surface area contributed by atoms with Crippen molar-refractivity contribution in [1.82, 2.24) is 4.72 Å². The number of halogens is 2. The molecule has 0 heterocycles. The molecular formula is C17H13F2NO3S. The van der Waals surface area contributed by atoms with E-state index in [1.165, 1.54) is 60.7 Å². The van der Waals surface area contributed by atoms with Crippen LogP contribution in [-0.4, -0.2) is 14.3 Å². The molecule has 0 saturated heterocycles. The summed E-state index contributed by atoms with van der Waals surface area (Å²) in [5.41, 5.74) is 1.02.